The zero-order valence-electron chi connectivity index (χ0n) is 12.6. The molecule has 1 aliphatic carbocycles. The van der Waals surface area contributed by atoms with Crippen LogP contribution in [0.1, 0.15) is 49.7 Å². The second-order valence-electron chi connectivity index (χ2n) is 6.27. The summed E-state index contributed by atoms with van der Waals surface area (Å²) < 4.78 is 67.4. The molecule has 0 radical (unpaired) electrons. The molecule has 9 heteroatoms. The third-order valence-corrected chi connectivity index (χ3v) is 3.97. The van der Waals surface area contributed by atoms with E-state index in [0.29, 0.717) is 0 Å². The second kappa shape index (κ2) is 5.44. The molecule has 0 bridgehead atoms. The third-order valence-electron chi connectivity index (χ3n) is 3.97. The van der Waals surface area contributed by atoms with Crippen molar-refractivity contribution < 1.29 is 27.1 Å². The van der Waals surface area contributed by atoms with Gasteiger partial charge in [-0.15, -0.1) is 0 Å². The van der Waals surface area contributed by atoms with Gasteiger partial charge in [-0.2, -0.15) is 18.3 Å². The summed E-state index contributed by atoms with van der Waals surface area (Å²) >= 11 is 0. The summed E-state index contributed by atoms with van der Waals surface area (Å²) in [5.74, 6) is -3.61. The number of aliphatic hydroxyl groups is 1. The van der Waals surface area contributed by atoms with Crippen molar-refractivity contribution in [3.05, 3.63) is 28.4 Å². The monoisotopic (exact) mass is 337 g/mol. The van der Waals surface area contributed by atoms with Crippen molar-refractivity contribution in [2.45, 2.75) is 63.4 Å². The van der Waals surface area contributed by atoms with Gasteiger partial charge < -0.3 is 9.95 Å². The van der Waals surface area contributed by atoms with Crippen molar-refractivity contribution in [3.63, 3.8) is 0 Å². The van der Waals surface area contributed by atoms with Crippen LogP contribution in [0.5, 0.6) is 0 Å². The zero-order valence-corrected chi connectivity index (χ0v) is 12.6. The molecule has 23 heavy (non-hydrogen) atoms. The molecule has 0 aromatic carbocycles. The van der Waals surface area contributed by atoms with Crippen LogP contribution in [0.15, 0.2) is 0 Å². The van der Waals surface area contributed by atoms with Gasteiger partial charge in [-0.1, -0.05) is 0 Å². The van der Waals surface area contributed by atoms with Gasteiger partial charge in [0, 0.05) is 44.5 Å². The molecule has 0 unspecified atom stereocenters. The van der Waals surface area contributed by atoms with Gasteiger partial charge in [0.2, 0.25) is 5.54 Å². The van der Waals surface area contributed by atoms with Gasteiger partial charge in [0.1, 0.15) is 6.10 Å². The average molecular weight is 337 g/mol. The summed E-state index contributed by atoms with van der Waals surface area (Å²) in [5, 5.41) is 13.1. The van der Waals surface area contributed by atoms with Crippen LogP contribution in [0.2, 0.25) is 0 Å². The van der Waals surface area contributed by atoms with E-state index in [1.54, 1.807) is 13.8 Å². The van der Waals surface area contributed by atoms with Crippen molar-refractivity contribution in [2.75, 3.05) is 0 Å². The number of hydrogen-bond acceptors (Lipinski definition) is 2. The number of aromatic nitrogens is 2. The molecule has 0 aliphatic heterocycles. The summed E-state index contributed by atoms with van der Waals surface area (Å²) in [6.45, 7) is 10.3. The van der Waals surface area contributed by atoms with Crippen molar-refractivity contribution in [1.29, 1.82) is 0 Å². The Morgan fingerprint density at radius 3 is 2.52 bits per heavy atom. The summed E-state index contributed by atoms with van der Waals surface area (Å²) in [6.07, 6.45) is -8.28. The summed E-state index contributed by atoms with van der Waals surface area (Å²) in [4.78, 5) is 3.36. The SMILES string of the molecule is [C-]#[N+]C(C)(C)CCn1nc(C(F)(F)F)c2c1CCC(F)(F)[C@H]2O. The Kier molecular flexibility index (Phi) is 4.18. The molecule has 0 saturated carbocycles. The highest BCUT2D eigenvalue weighted by Gasteiger charge is 2.51. The van der Waals surface area contributed by atoms with Gasteiger partial charge >= 0.3 is 6.18 Å². The first-order valence-corrected chi connectivity index (χ1v) is 7.00. The normalized spacial score (nSPS) is 20.9. The summed E-state index contributed by atoms with van der Waals surface area (Å²) in [7, 11) is 0. The lowest BCUT2D eigenvalue weighted by atomic mass is 9.89. The van der Waals surface area contributed by atoms with E-state index in [4.69, 9.17) is 6.57 Å². The van der Waals surface area contributed by atoms with Gasteiger partial charge in [0.05, 0.1) is 0 Å². The molecule has 1 heterocycles. The van der Waals surface area contributed by atoms with Gasteiger partial charge in [0.25, 0.3) is 5.92 Å². The smallest absolute Gasteiger partial charge is 0.382 e. The van der Waals surface area contributed by atoms with Crippen LogP contribution >= 0.6 is 0 Å². The number of alkyl halides is 5. The number of hydrogen-bond donors (Lipinski definition) is 1. The van der Waals surface area contributed by atoms with Gasteiger partial charge in [-0.05, 0) is 6.42 Å². The summed E-state index contributed by atoms with van der Waals surface area (Å²) in [6, 6.07) is 0. The minimum Gasteiger partial charge on any atom is -0.382 e. The van der Waals surface area contributed by atoms with Gasteiger partial charge in [-0.25, -0.2) is 15.4 Å². The van der Waals surface area contributed by atoms with E-state index in [2.05, 4.69) is 9.94 Å². The van der Waals surface area contributed by atoms with E-state index in [1.165, 1.54) is 0 Å². The zero-order chi connectivity index (χ0) is 17.6. The number of aliphatic hydroxyl groups excluding tert-OH is 1. The molecule has 1 aromatic rings. The van der Waals surface area contributed by atoms with Crippen LogP contribution < -0.4 is 0 Å². The van der Waals surface area contributed by atoms with Gasteiger partial charge in [0.15, 0.2) is 5.69 Å². The molecule has 1 N–H and O–H groups in total. The molecule has 1 aromatic heterocycles. The Hall–Kier alpha value is -1.69. The highest BCUT2D eigenvalue weighted by molar-refractivity contribution is 5.35. The lowest BCUT2D eigenvalue weighted by molar-refractivity contribution is -0.150. The quantitative estimate of drug-likeness (QED) is 0.676. The van der Waals surface area contributed by atoms with Crippen molar-refractivity contribution in [2.24, 2.45) is 0 Å². The molecule has 1 aliphatic rings. The predicted octanol–water partition coefficient (Wildman–Crippen LogP) is 3.60. The highest BCUT2D eigenvalue weighted by atomic mass is 19.4. The van der Waals surface area contributed by atoms with E-state index in [0.717, 1.165) is 4.68 Å². The van der Waals surface area contributed by atoms with Crippen LogP contribution in [0.3, 0.4) is 0 Å². The first kappa shape index (κ1) is 17.7. The Morgan fingerprint density at radius 1 is 1.39 bits per heavy atom. The lowest BCUT2D eigenvalue weighted by Crippen LogP contribution is -2.33. The second-order valence-corrected chi connectivity index (χ2v) is 6.27. The Morgan fingerprint density at radius 2 is 2.00 bits per heavy atom. The van der Waals surface area contributed by atoms with E-state index >= 15 is 0 Å². The van der Waals surface area contributed by atoms with Crippen LogP contribution in [-0.4, -0.2) is 26.3 Å². The maximum absolute atomic E-state index is 13.6. The predicted molar refractivity (Wildman–Crippen MR) is 70.8 cm³/mol. The van der Waals surface area contributed by atoms with E-state index < -0.39 is 41.4 Å². The van der Waals surface area contributed by atoms with Crippen LogP contribution in [-0.2, 0) is 19.1 Å². The van der Waals surface area contributed by atoms with E-state index in [9.17, 15) is 27.1 Å². The standard InChI is InChI=1S/C14H16F5N3O/c1-12(2,20-3)6-7-22-8-4-5-13(15,16)11(23)9(8)10(21-22)14(17,18)19/h11,23H,4-7H2,1-2H3/t11-/m0/s1. The molecule has 0 amide bonds. The number of aryl methyl sites for hydroxylation is 1. The molecule has 0 saturated heterocycles. The number of rotatable bonds is 3. The minimum atomic E-state index is -4.93. The molecule has 0 spiro atoms. The highest BCUT2D eigenvalue weighted by Crippen LogP contribution is 2.46. The number of nitrogens with zero attached hydrogens (tertiary/aromatic N) is 3. The topological polar surface area (TPSA) is 42.4 Å². The molecular formula is C14H16F5N3O. The lowest BCUT2D eigenvalue weighted by Gasteiger charge is -2.28. The van der Waals surface area contributed by atoms with Crippen molar-refractivity contribution >= 4 is 0 Å². The van der Waals surface area contributed by atoms with Crippen molar-refractivity contribution in [3.8, 4) is 0 Å². The molecule has 0 fully saturated rings. The fraction of sp³-hybridized carbons (Fsp3) is 0.714. The first-order valence-electron chi connectivity index (χ1n) is 7.00. The largest absolute Gasteiger partial charge is 0.435 e. The summed E-state index contributed by atoms with van der Waals surface area (Å²) in [5.41, 5.74) is -3.14. The third kappa shape index (κ3) is 3.32. The minimum absolute atomic E-state index is 0.00785. The fourth-order valence-corrected chi connectivity index (χ4v) is 2.52. The average Bonchev–Trinajstić information content (AvgIpc) is 2.80. The maximum atomic E-state index is 13.6. The molecular weight excluding hydrogens is 321 g/mol. The fourth-order valence-electron chi connectivity index (χ4n) is 2.52. The van der Waals surface area contributed by atoms with Crippen LogP contribution in [0, 0.1) is 6.57 Å². The van der Waals surface area contributed by atoms with Gasteiger partial charge in [-0.3, -0.25) is 4.68 Å². The molecule has 128 valence electrons. The Labute approximate surface area is 129 Å². The number of fused-ring (bicyclic) bond motifs is 1. The molecule has 2 rings (SSSR count). The maximum Gasteiger partial charge on any atom is 0.435 e. The Balaban J connectivity index is 2.46. The molecule has 4 nitrogen and oxygen atoms in total. The van der Waals surface area contributed by atoms with Crippen LogP contribution in [0.4, 0.5) is 22.0 Å². The van der Waals surface area contributed by atoms with E-state index in [-0.39, 0.29) is 25.1 Å². The molecule has 1 atom stereocenters. The number of halogens is 5. The van der Waals surface area contributed by atoms with E-state index in [1.807, 2.05) is 0 Å². The first-order chi connectivity index (χ1) is 10.4. The Bertz CT molecular complexity index is 642. The van der Waals surface area contributed by atoms with Crippen molar-refractivity contribution in [1.82, 2.24) is 9.78 Å². The van der Waals surface area contributed by atoms with Crippen LogP contribution in [0.25, 0.3) is 4.85 Å².